The van der Waals surface area contributed by atoms with Crippen molar-refractivity contribution in [3.8, 4) is 5.75 Å². The Hall–Kier alpha value is -2.04. The molecule has 2 N–H and O–H groups in total. The molecule has 0 aliphatic carbocycles. The highest BCUT2D eigenvalue weighted by Gasteiger charge is 2.33. The van der Waals surface area contributed by atoms with Crippen LogP contribution in [0.25, 0.3) is 0 Å². The minimum atomic E-state index is -0.427. The lowest BCUT2D eigenvalue weighted by Crippen LogP contribution is -2.28. The van der Waals surface area contributed by atoms with Crippen LogP contribution in [0.2, 0.25) is 0 Å². The maximum Gasteiger partial charge on any atom is 0.227 e. The Labute approximate surface area is 99.2 Å². The van der Waals surface area contributed by atoms with E-state index in [0.29, 0.717) is 12.3 Å². The topological polar surface area (TPSA) is 72.6 Å². The highest BCUT2D eigenvalue weighted by Crippen LogP contribution is 2.27. The van der Waals surface area contributed by atoms with Gasteiger partial charge in [-0.1, -0.05) is 6.07 Å². The SMILES string of the molecule is COc1cccc(N2C[C@H](C(N)=O)CC2=O)c1. The van der Waals surface area contributed by atoms with Crippen LogP contribution in [0, 0.1) is 5.92 Å². The molecule has 0 aromatic heterocycles. The summed E-state index contributed by atoms with van der Waals surface area (Å²) >= 11 is 0. The van der Waals surface area contributed by atoms with Crippen molar-refractivity contribution in [1.82, 2.24) is 0 Å². The van der Waals surface area contributed by atoms with Crippen LogP contribution < -0.4 is 15.4 Å². The number of hydrogen-bond acceptors (Lipinski definition) is 3. The summed E-state index contributed by atoms with van der Waals surface area (Å²) in [5.41, 5.74) is 5.95. The number of rotatable bonds is 3. The van der Waals surface area contributed by atoms with Crippen molar-refractivity contribution in [3.63, 3.8) is 0 Å². The van der Waals surface area contributed by atoms with Gasteiger partial charge < -0.3 is 15.4 Å². The second kappa shape index (κ2) is 4.45. The average Bonchev–Trinajstić information content (AvgIpc) is 2.72. The number of benzene rings is 1. The summed E-state index contributed by atoms with van der Waals surface area (Å²) < 4.78 is 5.09. The van der Waals surface area contributed by atoms with Crippen molar-refractivity contribution in [2.75, 3.05) is 18.6 Å². The van der Waals surface area contributed by atoms with Crippen LogP contribution in [0.1, 0.15) is 6.42 Å². The van der Waals surface area contributed by atoms with Gasteiger partial charge in [0.1, 0.15) is 5.75 Å². The Morgan fingerprint density at radius 1 is 1.53 bits per heavy atom. The fourth-order valence-electron chi connectivity index (χ4n) is 1.93. The van der Waals surface area contributed by atoms with Crippen LogP contribution in [0.15, 0.2) is 24.3 Å². The first-order valence-corrected chi connectivity index (χ1v) is 5.35. The number of nitrogens with two attached hydrogens (primary N) is 1. The van der Waals surface area contributed by atoms with E-state index < -0.39 is 11.8 Å². The van der Waals surface area contributed by atoms with E-state index in [9.17, 15) is 9.59 Å². The predicted octanol–water partition coefficient (Wildman–Crippen LogP) is 0.533. The van der Waals surface area contributed by atoms with Gasteiger partial charge in [0.05, 0.1) is 13.0 Å². The molecule has 1 aromatic rings. The summed E-state index contributed by atoms with van der Waals surface area (Å²) in [6.07, 6.45) is 0.187. The first-order chi connectivity index (χ1) is 8.11. The second-order valence-electron chi connectivity index (χ2n) is 4.01. The summed E-state index contributed by atoms with van der Waals surface area (Å²) in [5, 5.41) is 0. The van der Waals surface area contributed by atoms with Gasteiger partial charge >= 0.3 is 0 Å². The molecule has 0 spiro atoms. The Morgan fingerprint density at radius 3 is 2.88 bits per heavy atom. The fourth-order valence-corrected chi connectivity index (χ4v) is 1.93. The second-order valence-corrected chi connectivity index (χ2v) is 4.01. The number of methoxy groups -OCH3 is 1. The van der Waals surface area contributed by atoms with E-state index in [4.69, 9.17) is 10.5 Å². The van der Waals surface area contributed by atoms with E-state index in [1.165, 1.54) is 0 Å². The van der Waals surface area contributed by atoms with Crippen LogP contribution in [0.5, 0.6) is 5.75 Å². The number of nitrogens with zero attached hydrogens (tertiary/aromatic N) is 1. The molecule has 1 fully saturated rings. The quantitative estimate of drug-likeness (QED) is 0.829. The van der Waals surface area contributed by atoms with Gasteiger partial charge in [-0.25, -0.2) is 0 Å². The molecule has 2 amide bonds. The van der Waals surface area contributed by atoms with Gasteiger partial charge in [-0.3, -0.25) is 9.59 Å². The Morgan fingerprint density at radius 2 is 2.29 bits per heavy atom. The molecule has 17 heavy (non-hydrogen) atoms. The molecule has 5 heteroatoms. The Kier molecular flexibility index (Phi) is 2.99. The van der Waals surface area contributed by atoms with Crippen molar-refractivity contribution in [2.24, 2.45) is 11.7 Å². The van der Waals surface area contributed by atoms with E-state index in [0.717, 1.165) is 5.69 Å². The number of anilines is 1. The normalized spacial score (nSPS) is 19.5. The lowest BCUT2D eigenvalue weighted by Gasteiger charge is -2.16. The summed E-state index contributed by atoms with van der Waals surface area (Å²) in [6.45, 7) is 0.349. The first kappa shape index (κ1) is 11.4. The molecule has 2 rings (SSSR count). The molecule has 5 nitrogen and oxygen atoms in total. The molecular weight excluding hydrogens is 220 g/mol. The molecule has 0 radical (unpaired) electrons. The molecule has 1 aliphatic rings. The number of carbonyl (C=O) groups excluding carboxylic acids is 2. The van der Waals surface area contributed by atoms with Crippen molar-refractivity contribution >= 4 is 17.5 Å². The third kappa shape index (κ3) is 2.22. The van der Waals surface area contributed by atoms with Gasteiger partial charge in [0.25, 0.3) is 0 Å². The minimum absolute atomic E-state index is 0.0814. The van der Waals surface area contributed by atoms with Crippen molar-refractivity contribution < 1.29 is 14.3 Å². The zero-order valence-corrected chi connectivity index (χ0v) is 9.55. The highest BCUT2D eigenvalue weighted by atomic mass is 16.5. The van der Waals surface area contributed by atoms with Gasteiger partial charge in [-0.2, -0.15) is 0 Å². The molecule has 1 saturated heterocycles. The third-order valence-electron chi connectivity index (χ3n) is 2.89. The molecular formula is C12H14N2O3. The number of primary amides is 1. The highest BCUT2D eigenvalue weighted by molar-refractivity contribution is 6.00. The van der Waals surface area contributed by atoms with Crippen molar-refractivity contribution in [3.05, 3.63) is 24.3 Å². The summed E-state index contributed by atoms with van der Waals surface area (Å²) in [5.74, 6) is -0.225. The monoisotopic (exact) mass is 234 g/mol. The zero-order valence-electron chi connectivity index (χ0n) is 9.55. The van der Waals surface area contributed by atoms with E-state index in [2.05, 4.69) is 0 Å². The molecule has 90 valence electrons. The summed E-state index contributed by atoms with van der Waals surface area (Å²) in [4.78, 5) is 24.4. The van der Waals surface area contributed by atoms with E-state index in [1.807, 2.05) is 6.07 Å². The number of carbonyl (C=O) groups is 2. The average molecular weight is 234 g/mol. The largest absolute Gasteiger partial charge is 0.497 e. The molecule has 1 aliphatic heterocycles. The van der Waals surface area contributed by atoms with Crippen LogP contribution in [-0.2, 0) is 9.59 Å². The maximum absolute atomic E-state index is 11.8. The van der Waals surface area contributed by atoms with Gasteiger partial charge in [0, 0.05) is 24.7 Å². The van der Waals surface area contributed by atoms with E-state index >= 15 is 0 Å². The third-order valence-corrected chi connectivity index (χ3v) is 2.89. The maximum atomic E-state index is 11.8. The summed E-state index contributed by atoms with van der Waals surface area (Å²) in [6, 6.07) is 7.18. The zero-order chi connectivity index (χ0) is 12.4. The molecule has 0 bridgehead atoms. The molecule has 0 saturated carbocycles. The number of hydrogen-bond donors (Lipinski definition) is 1. The van der Waals surface area contributed by atoms with Gasteiger partial charge in [-0.15, -0.1) is 0 Å². The van der Waals surface area contributed by atoms with E-state index in [-0.39, 0.29) is 12.3 Å². The van der Waals surface area contributed by atoms with Crippen LogP contribution in [-0.4, -0.2) is 25.5 Å². The Balaban J connectivity index is 2.22. The molecule has 1 aromatic carbocycles. The van der Waals surface area contributed by atoms with Crippen molar-refractivity contribution in [1.29, 1.82) is 0 Å². The molecule has 1 atom stereocenters. The van der Waals surface area contributed by atoms with E-state index in [1.54, 1.807) is 30.2 Å². The fraction of sp³-hybridized carbons (Fsp3) is 0.333. The Bertz CT molecular complexity index is 459. The minimum Gasteiger partial charge on any atom is -0.497 e. The molecule has 0 unspecified atom stereocenters. The lowest BCUT2D eigenvalue weighted by atomic mass is 10.1. The van der Waals surface area contributed by atoms with Gasteiger partial charge in [0.15, 0.2) is 0 Å². The lowest BCUT2D eigenvalue weighted by molar-refractivity contribution is -0.123. The van der Waals surface area contributed by atoms with Crippen molar-refractivity contribution in [2.45, 2.75) is 6.42 Å². The summed E-state index contributed by atoms with van der Waals surface area (Å²) in [7, 11) is 1.57. The van der Waals surface area contributed by atoms with Gasteiger partial charge in [-0.05, 0) is 12.1 Å². The molecule has 1 heterocycles. The first-order valence-electron chi connectivity index (χ1n) is 5.35. The van der Waals surface area contributed by atoms with Gasteiger partial charge in [0.2, 0.25) is 11.8 Å². The van der Waals surface area contributed by atoms with Crippen LogP contribution in [0.4, 0.5) is 5.69 Å². The predicted molar refractivity (Wildman–Crippen MR) is 62.6 cm³/mol. The standard InChI is InChI=1S/C12H14N2O3/c1-17-10-4-2-3-9(6-10)14-7-8(12(13)16)5-11(14)15/h2-4,6,8H,5,7H2,1H3,(H2,13,16)/t8-/m1/s1. The van der Waals surface area contributed by atoms with Crippen LogP contribution >= 0.6 is 0 Å². The number of ether oxygens (including phenoxy) is 1. The number of amides is 2. The van der Waals surface area contributed by atoms with Crippen LogP contribution in [0.3, 0.4) is 0 Å². The smallest absolute Gasteiger partial charge is 0.227 e.